The fourth-order valence-corrected chi connectivity index (χ4v) is 1.95. The van der Waals surface area contributed by atoms with Gasteiger partial charge in [0.05, 0.1) is 5.69 Å². The van der Waals surface area contributed by atoms with Crippen molar-refractivity contribution in [2.24, 2.45) is 5.73 Å². The number of thiocarbonyl (C=S) groups is 1. The number of rotatable bonds is 4. The van der Waals surface area contributed by atoms with Gasteiger partial charge in [-0.3, -0.25) is 0 Å². The molecule has 0 fully saturated rings. The van der Waals surface area contributed by atoms with E-state index in [2.05, 4.69) is 17.2 Å². The summed E-state index contributed by atoms with van der Waals surface area (Å²) in [6.45, 7) is 2.05. The number of pyridine rings is 1. The zero-order valence-corrected chi connectivity index (χ0v) is 12.0. The minimum atomic E-state index is 0.117. The molecule has 1 unspecified atom stereocenters. The van der Waals surface area contributed by atoms with Gasteiger partial charge in [-0.1, -0.05) is 42.0 Å². The van der Waals surface area contributed by atoms with Gasteiger partial charge in [0, 0.05) is 11.1 Å². The maximum absolute atomic E-state index is 5.87. The average molecular weight is 292 g/mol. The average Bonchev–Trinajstić information content (AvgIpc) is 2.39. The van der Waals surface area contributed by atoms with Crippen molar-refractivity contribution in [2.75, 3.05) is 5.32 Å². The van der Waals surface area contributed by atoms with E-state index in [1.165, 1.54) is 0 Å². The minimum absolute atomic E-state index is 0.117. The van der Waals surface area contributed by atoms with E-state index in [4.69, 9.17) is 29.6 Å². The maximum Gasteiger partial charge on any atom is 0.127 e. The first-order chi connectivity index (χ1) is 9.06. The van der Waals surface area contributed by atoms with Crippen LogP contribution >= 0.6 is 23.8 Å². The van der Waals surface area contributed by atoms with Crippen LogP contribution in [0.5, 0.6) is 0 Å². The van der Waals surface area contributed by atoms with Gasteiger partial charge in [-0.2, -0.15) is 0 Å². The number of anilines is 1. The summed E-state index contributed by atoms with van der Waals surface area (Å²) >= 11 is 10.8. The van der Waals surface area contributed by atoms with Crippen LogP contribution in [0.3, 0.4) is 0 Å². The number of hydrogen-bond donors (Lipinski definition) is 2. The Morgan fingerprint density at radius 1 is 1.26 bits per heavy atom. The van der Waals surface area contributed by atoms with Crippen molar-refractivity contribution in [3.63, 3.8) is 0 Å². The Kier molecular flexibility index (Phi) is 4.35. The molecule has 0 saturated heterocycles. The van der Waals surface area contributed by atoms with Crippen LogP contribution in [0.25, 0.3) is 0 Å². The Labute approximate surface area is 122 Å². The lowest BCUT2D eigenvalue weighted by atomic mass is 10.1. The fraction of sp³-hybridized carbons (Fsp3) is 0.143. The molecule has 2 aromatic rings. The number of nitrogens with one attached hydrogen (secondary N) is 1. The number of aromatic nitrogens is 1. The molecule has 1 aromatic heterocycles. The third-order valence-corrected chi connectivity index (χ3v) is 3.20. The van der Waals surface area contributed by atoms with Crippen LogP contribution in [0.1, 0.15) is 24.2 Å². The molecule has 1 heterocycles. The number of halogens is 1. The third-order valence-electron chi connectivity index (χ3n) is 2.74. The lowest BCUT2D eigenvalue weighted by Crippen LogP contribution is -2.14. The summed E-state index contributed by atoms with van der Waals surface area (Å²) in [5.41, 5.74) is 7.31. The maximum atomic E-state index is 5.87. The van der Waals surface area contributed by atoms with E-state index in [0.717, 1.165) is 16.4 Å². The van der Waals surface area contributed by atoms with Crippen molar-refractivity contribution in [1.29, 1.82) is 0 Å². The number of nitrogens with zero attached hydrogens (tertiary/aromatic N) is 1. The predicted molar refractivity (Wildman–Crippen MR) is 83.6 cm³/mol. The molecular formula is C14H14ClN3S. The molecule has 2 rings (SSSR count). The highest BCUT2D eigenvalue weighted by Gasteiger charge is 2.07. The first-order valence-electron chi connectivity index (χ1n) is 5.85. The van der Waals surface area contributed by atoms with Crippen LogP contribution in [-0.2, 0) is 0 Å². The molecule has 5 heteroatoms. The quantitative estimate of drug-likeness (QED) is 0.846. The first kappa shape index (κ1) is 13.8. The standard InChI is InChI=1S/C14H14ClN3S/c1-9(10-5-7-11(15)8-6-10)17-13-4-2-3-12(18-13)14(16)19/h2-9H,1H3,(H2,16,19)(H,17,18). The molecule has 0 aliphatic carbocycles. The Bertz CT molecular complexity index is 583. The molecule has 3 N–H and O–H groups in total. The largest absolute Gasteiger partial charge is 0.388 e. The normalized spacial score (nSPS) is 11.9. The van der Waals surface area contributed by atoms with Crippen LogP contribution in [0.4, 0.5) is 5.82 Å². The summed E-state index contributed by atoms with van der Waals surface area (Å²) < 4.78 is 0. The van der Waals surface area contributed by atoms with Gasteiger partial charge >= 0.3 is 0 Å². The molecule has 0 aliphatic rings. The first-order valence-corrected chi connectivity index (χ1v) is 6.64. The molecule has 1 aromatic carbocycles. The van der Waals surface area contributed by atoms with Crippen molar-refractivity contribution in [3.8, 4) is 0 Å². The van der Waals surface area contributed by atoms with Crippen molar-refractivity contribution >= 4 is 34.6 Å². The van der Waals surface area contributed by atoms with E-state index < -0.39 is 0 Å². The lowest BCUT2D eigenvalue weighted by Gasteiger charge is -2.15. The van der Waals surface area contributed by atoms with E-state index in [1.54, 1.807) is 6.07 Å². The molecule has 0 spiro atoms. The Balaban J connectivity index is 2.14. The van der Waals surface area contributed by atoms with Crippen LogP contribution < -0.4 is 11.1 Å². The van der Waals surface area contributed by atoms with Gasteiger partial charge in [0.1, 0.15) is 10.8 Å². The van der Waals surface area contributed by atoms with Crippen LogP contribution in [0, 0.1) is 0 Å². The van der Waals surface area contributed by atoms with Gasteiger partial charge in [-0.15, -0.1) is 0 Å². The highest BCUT2D eigenvalue weighted by atomic mass is 35.5. The second-order valence-corrected chi connectivity index (χ2v) is 5.07. The van der Waals surface area contributed by atoms with E-state index in [9.17, 15) is 0 Å². The molecular weight excluding hydrogens is 278 g/mol. The Morgan fingerprint density at radius 3 is 2.58 bits per heavy atom. The molecule has 1 atom stereocenters. The lowest BCUT2D eigenvalue weighted by molar-refractivity contribution is 0.874. The summed E-state index contributed by atoms with van der Waals surface area (Å²) in [6.07, 6.45) is 0. The van der Waals surface area contributed by atoms with Gasteiger partial charge < -0.3 is 11.1 Å². The topological polar surface area (TPSA) is 50.9 Å². The monoisotopic (exact) mass is 291 g/mol. The summed E-state index contributed by atoms with van der Waals surface area (Å²) in [5.74, 6) is 0.743. The molecule has 19 heavy (non-hydrogen) atoms. The van der Waals surface area contributed by atoms with Gasteiger partial charge in [0.2, 0.25) is 0 Å². The molecule has 0 aliphatic heterocycles. The molecule has 0 amide bonds. The van der Waals surface area contributed by atoms with Gasteiger partial charge in [-0.25, -0.2) is 4.98 Å². The van der Waals surface area contributed by atoms with Gasteiger partial charge in [0.25, 0.3) is 0 Å². The molecule has 0 saturated carbocycles. The van der Waals surface area contributed by atoms with Crippen LogP contribution in [0.15, 0.2) is 42.5 Å². The molecule has 0 radical (unpaired) electrons. The number of benzene rings is 1. The molecule has 98 valence electrons. The zero-order valence-electron chi connectivity index (χ0n) is 10.4. The molecule has 0 bridgehead atoms. The third kappa shape index (κ3) is 3.66. The highest BCUT2D eigenvalue weighted by molar-refractivity contribution is 7.80. The number of nitrogens with two attached hydrogens (primary N) is 1. The summed E-state index contributed by atoms with van der Waals surface area (Å²) in [6, 6.07) is 13.4. The van der Waals surface area contributed by atoms with Crippen molar-refractivity contribution in [3.05, 3.63) is 58.7 Å². The summed E-state index contributed by atoms with van der Waals surface area (Å²) in [4.78, 5) is 4.65. The number of hydrogen-bond acceptors (Lipinski definition) is 3. The van der Waals surface area contributed by atoms with Crippen molar-refractivity contribution in [1.82, 2.24) is 4.98 Å². The Morgan fingerprint density at radius 2 is 1.95 bits per heavy atom. The Hall–Kier alpha value is -1.65. The highest BCUT2D eigenvalue weighted by Crippen LogP contribution is 2.20. The SMILES string of the molecule is CC(Nc1cccc(C(N)=S)n1)c1ccc(Cl)cc1. The summed E-state index contributed by atoms with van der Waals surface area (Å²) in [7, 11) is 0. The van der Waals surface area contributed by atoms with Crippen LogP contribution in [0.2, 0.25) is 5.02 Å². The second-order valence-electron chi connectivity index (χ2n) is 4.19. The second kappa shape index (κ2) is 5.99. The van der Waals surface area contributed by atoms with E-state index >= 15 is 0 Å². The van der Waals surface area contributed by atoms with E-state index in [1.807, 2.05) is 36.4 Å². The van der Waals surface area contributed by atoms with Crippen molar-refractivity contribution in [2.45, 2.75) is 13.0 Å². The smallest absolute Gasteiger partial charge is 0.127 e. The van der Waals surface area contributed by atoms with E-state index in [-0.39, 0.29) is 6.04 Å². The van der Waals surface area contributed by atoms with Crippen molar-refractivity contribution < 1.29 is 0 Å². The zero-order chi connectivity index (χ0) is 13.8. The van der Waals surface area contributed by atoms with Gasteiger partial charge in [-0.05, 0) is 36.8 Å². The molecule has 3 nitrogen and oxygen atoms in total. The van der Waals surface area contributed by atoms with E-state index in [0.29, 0.717) is 10.7 Å². The summed E-state index contributed by atoms with van der Waals surface area (Å²) in [5, 5.41) is 4.03. The van der Waals surface area contributed by atoms with Crippen LogP contribution in [-0.4, -0.2) is 9.97 Å². The predicted octanol–water partition coefficient (Wildman–Crippen LogP) is 3.54. The fourth-order valence-electron chi connectivity index (χ4n) is 1.71. The van der Waals surface area contributed by atoms with Gasteiger partial charge in [0.15, 0.2) is 0 Å². The minimum Gasteiger partial charge on any atom is -0.388 e.